The van der Waals surface area contributed by atoms with Gasteiger partial charge in [0.05, 0.1) is 13.2 Å². The third kappa shape index (κ3) is 4.00. The fraction of sp³-hybridized carbons (Fsp3) is 0.647. The second-order valence-corrected chi connectivity index (χ2v) is 6.33. The van der Waals surface area contributed by atoms with Gasteiger partial charge in [0.25, 0.3) is 5.91 Å². The fourth-order valence-electron chi connectivity index (χ4n) is 3.39. The second kappa shape index (κ2) is 7.27. The summed E-state index contributed by atoms with van der Waals surface area (Å²) in [7, 11) is 0. The summed E-state index contributed by atoms with van der Waals surface area (Å²) in [4.78, 5) is 28.7. The first-order chi connectivity index (χ1) is 11.1. The molecule has 0 radical (unpaired) electrons. The number of likely N-dealkylation sites (tertiary alicyclic amines) is 1. The third-order valence-electron chi connectivity index (χ3n) is 4.56. The molecule has 0 spiro atoms. The number of piperidine rings is 1. The highest BCUT2D eigenvalue weighted by atomic mass is 16.5. The fourth-order valence-corrected chi connectivity index (χ4v) is 3.39. The van der Waals surface area contributed by atoms with Crippen LogP contribution in [0.3, 0.4) is 0 Å². The van der Waals surface area contributed by atoms with Crippen LogP contribution >= 0.6 is 0 Å². The molecule has 2 aliphatic rings. The van der Waals surface area contributed by atoms with Gasteiger partial charge in [0, 0.05) is 44.4 Å². The molecule has 6 heteroatoms. The molecule has 3 rings (SSSR count). The van der Waals surface area contributed by atoms with Crippen molar-refractivity contribution in [1.29, 1.82) is 0 Å². The Morgan fingerprint density at radius 2 is 2.00 bits per heavy atom. The summed E-state index contributed by atoms with van der Waals surface area (Å²) in [5.41, 5.74) is -0.182. The topological polar surface area (TPSA) is 63.0 Å². The maximum absolute atomic E-state index is 12.8. The molecule has 2 aliphatic heterocycles. The molecule has 1 aromatic heterocycles. The smallest absolute Gasteiger partial charge is 0.290 e. The van der Waals surface area contributed by atoms with E-state index in [0.29, 0.717) is 5.76 Å². The minimum absolute atomic E-state index is 0.156. The van der Waals surface area contributed by atoms with E-state index in [1.54, 1.807) is 6.92 Å². The lowest BCUT2D eigenvalue weighted by molar-refractivity contribution is 0.0157. The molecule has 2 fully saturated rings. The van der Waals surface area contributed by atoms with Gasteiger partial charge in [-0.1, -0.05) is 0 Å². The Kier molecular flexibility index (Phi) is 5.13. The summed E-state index contributed by atoms with van der Waals surface area (Å²) in [5, 5.41) is 0. The van der Waals surface area contributed by atoms with Crippen molar-refractivity contribution in [2.45, 2.75) is 32.2 Å². The molecular formula is C17H24N2O4. The molecule has 23 heavy (non-hydrogen) atoms. The van der Waals surface area contributed by atoms with Crippen LogP contribution in [0.1, 0.15) is 35.6 Å². The van der Waals surface area contributed by atoms with Crippen molar-refractivity contribution >= 4 is 5.91 Å². The van der Waals surface area contributed by atoms with Crippen LogP contribution in [0, 0.1) is 6.92 Å². The predicted molar refractivity (Wildman–Crippen MR) is 85.6 cm³/mol. The lowest BCUT2D eigenvalue weighted by Crippen LogP contribution is -2.51. The summed E-state index contributed by atoms with van der Waals surface area (Å²) in [6.07, 6.45) is 3.14. The van der Waals surface area contributed by atoms with Crippen molar-refractivity contribution in [3.63, 3.8) is 0 Å². The van der Waals surface area contributed by atoms with E-state index in [1.165, 1.54) is 12.1 Å². The molecule has 0 N–H and O–H groups in total. The van der Waals surface area contributed by atoms with Crippen LogP contribution in [0.25, 0.3) is 0 Å². The van der Waals surface area contributed by atoms with Gasteiger partial charge in [0.1, 0.15) is 5.76 Å². The second-order valence-electron chi connectivity index (χ2n) is 6.33. The molecule has 126 valence electrons. The van der Waals surface area contributed by atoms with E-state index in [1.807, 2.05) is 4.90 Å². The molecule has 0 aromatic carbocycles. The van der Waals surface area contributed by atoms with E-state index in [9.17, 15) is 9.59 Å². The number of aryl methyl sites for hydroxylation is 1. The molecule has 2 saturated heterocycles. The van der Waals surface area contributed by atoms with Crippen LogP contribution in [-0.4, -0.2) is 61.1 Å². The van der Waals surface area contributed by atoms with Crippen molar-refractivity contribution < 1.29 is 13.9 Å². The van der Waals surface area contributed by atoms with Crippen LogP contribution in [-0.2, 0) is 4.74 Å². The van der Waals surface area contributed by atoms with E-state index in [2.05, 4.69) is 4.90 Å². The van der Waals surface area contributed by atoms with Gasteiger partial charge in [-0.25, -0.2) is 0 Å². The number of nitrogens with zero attached hydrogens (tertiary/aromatic N) is 2. The molecular weight excluding hydrogens is 296 g/mol. The number of amides is 1. The highest BCUT2D eigenvalue weighted by Gasteiger charge is 2.30. The monoisotopic (exact) mass is 320 g/mol. The van der Waals surface area contributed by atoms with Crippen molar-refractivity contribution in [1.82, 2.24) is 9.80 Å². The number of hydrogen-bond donors (Lipinski definition) is 0. The highest BCUT2D eigenvalue weighted by Crippen LogP contribution is 2.21. The Morgan fingerprint density at radius 3 is 2.74 bits per heavy atom. The summed E-state index contributed by atoms with van der Waals surface area (Å²) < 4.78 is 10.9. The van der Waals surface area contributed by atoms with Crippen molar-refractivity contribution in [3.05, 3.63) is 33.9 Å². The zero-order valence-corrected chi connectivity index (χ0v) is 13.6. The van der Waals surface area contributed by atoms with E-state index >= 15 is 0 Å². The number of rotatable bonds is 3. The zero-order chi connectivity index (χ0) is 16.2. The molecule has 1 aromatic rings. The Balaban J connectivity index is 1.74. The molecule has 0 saturated carbocycles. The van der Waals surface area contributed by atoms with Gasteiger partial charge in [-0.15, -0.1) is 0 Å². The van der Waals surface area contributed by atoms with Crippen LogP contribution in [0.5, 0.6) is 0 Å². The minimum atomic E-state index is -0.182. The highest BCUT2D eigenvalue weighted by molar-refractivity contribution is 5.91. The Morgan fingerprint density at radius 1 is 1.22 bits per heavy atom. The maximum atomic E-state index is 12.8. The van der Waals surface area contributed by atoms with E-state index in [0.717, 1.165) is 58.7 Å². The largest absolute Gasteiger partial charge is 0.456 e. The van der Waals surface area contributed by atoms with Gasteiger partial charge in [-0.2, -0.15) is 0 Å². The van der Waals surface area contributed by atoms with Crippen LogP contribution < -0.4 is 5.43 Å². The van der Waals surface area contributed by atoms with Crippen molar-refractivity contribution in [2.75, 3.05) is 39.4 Å². The first-order valence-electron chi connectivity index (χ1n) is 8.36. The molecule has 6 nitrogen and oxygen atoms in total. The minimum Gasteiger partial charge on any atom is -0.456 e. The first kappa shape index (κ1) is 16.2. The first-order valence-corrected chi connectivity index (χ1v) is 8.36. The predicted octanol–water partition coefficient (Wildman–Crippen LogP) is 1.28. The van der Waals surface area contributed by atoms with Crippen LogP contribution in [0.2, 0.25) is 0 Å². The van der Waals surface area contributed by atoms with E-state index in [-0.39, 0.29) is 23.1 Å². The zero-order valence-electron chi connectivity index (χ0n) is 13.6. The Bertz CT molecular complexity index is 607. The van der Waals surface area contributed by atoms with Gasteiger partial charge >= 0.3 is 0 Å². The van der Waals surface area contributed by atoms with Crippen molar-refractivity contribution in [3.8, 4) is 0 Å². The van der Waals surface area contributed by atoms with Crippen LogP contribution in [0.4, 0.5) is 0 Å². The number of ether oxygens (including phenoxy) is 1. The molecule has 0 unspecified atom stereocenters. The Labute approximate surface area is 136 Å². The maximum Gasteiger partial charge on any atom is 0.290 e. The van der Waals surface area contributed by atoms with Crippen LogP contribution in [0.15, 0.2) is 21.3 Å². The Hall–Kier alpha value is -1.66. The molecule has 0 aliphatic carbocycles. The molecule has 3 heterocycles. The van der Waals surface area contributed by atoms with Gasteiger partial charge < -0.3 is 14.1 Å². The lowest BCUT2D eigenvalue weighted by Gasteiger charge is -2.39. The number of carbonyl (C=O) groups excluding carboxylic acids is 1. The van der Waals surface area contributed by atoms with E-state index < -0.39 is 0 Å². The summed E-state index contributed by atoms with van der Waals surface area (Å²) in [6, 6.07) is 2.88. The number of carbonyl (C=O) groups is 1. The van der Waals surface area contributed by atoms with E-state index in [4.69, 9.17) is 9.15 Å². The normalized spacial score (nSPS) is 23.0. The van der Waals surface area contributed by atoms with Gasteiger partial charge in [0.15, 0.2) is 11.2 Å². The third-order valence-corrected chi connectivity index (χ3v) is 4.56. The number of morpholine rings is 1. The summed E-state index contributed by atoms with van der Waals surface area (Å²) in [5.74, 6) is 0.468. The SMILES string of the molecule is Cc1cc(=O)cc(C(=O)N2CCCC[C@H]2CN2CCOCC2)o1. The van der Waals surface area contributed by atoms with Gasteiger partial charge in [0.2, 0.25) is 0 Å². The lowest BCUT2D eigenvalue weighted by atomic mass is 10.0. The molecule has 1 amide bonds. The van der Waals surface area contributed by atoms with Crippen molar-refractivity contribution in [2.24, 2.45) is 0 Å². The number of hydrogen-bond acceptors (Lipinski definition) is 5. The standard InChI is InChI=1S/C17H24N2O4/c1-13-10-15(20)11-16(23-13)17(21)19-5-3-2-4-14(19)12-18-6-8-22-9-7-18/h10-11,14H,2-9,12H2,1H3/t14-/m0/s1. The average molecular weight is 320 g/mol. The molecule has 1 atom stereocenters. The summed E-state index contributed by atoms with van der Waals surface area (Å²) >= 11 is 0. The van der Waals surface area contributed by atoms with Gasteiger partial charge in [-0.3, -0.25) is 14.5 Å². The summed E-state index contributed by atoms with van der Waals surface area (Å²) in [6.45, 7) is 6.63. The van der Waals surface area contributed by atoms with Gasteiger partial charge in [-0.05, 0) is 26.2 Å². The average Bonchev–Trinajstić information content (AvgIpc) is 2.55. The quantitative estimate of drug-likeness (QED) is 0.839. The molecule has 0 bridgehead atoms.